The van der Waals surface area contributed by atoms with E-state index in [2.05, 4.69) is 17.5 Å². The molecule has 0 aromatic carbocycles. The Balaban J connectivity index is 1.68. The molecule has 2 rings (SSSR count). The van der Waals surface area contributed by atoms with Crippen molar-refractivity contribution in [3.05, 3.63) is 12.2 Å². The van der Waals surface area contributed by atoms with E-state index >= 15 is 0 Å². The van der Waals surface area contributed by atoms with Crippen molar-refractivity contribution >= 4 is 27.7 Å². The maximum atomic E-state index is 12.1. The third kappa shape index (κ3) is 4.79. The van der Waals surface area contributed by atoms with E-state index in [1.165, 1.54) is 4.31 Å². The van der Waals surface area contributed by atoms with E-state index in [4.69, 9.17) is 0 Å². The van der Waals surface area contributed by atoms with E-state index in [9.17, 15) is 13.2 Å². The lowest BCUT2D eigenvalue weighted by Crippen LogP contribution is -2.42. The van der Waals surface area contributed by atoms with Gasteiger partial charge in [0.2, 0.25) is 15.9 Å². The largest absolute Gasteiger partial charge is 0.355 e. The number of amides is 1. The number of hydrogen-bond donors (Lipinski definition) is 1. The fourth-order valence-electron chi connectivity index (χ4n) is 2.45. The van der Waals surface area contributed by atoms with Gasteiger partial charge in [0.25, 0.3) is 0 Å². The van der Waals surface area contributed by atoms with Crippen LogP contribution in [0.3, 0.4) is 0 Å². The van der Waals surface area contributed by atoms with Crippen LogP contribution in [0.15, 0.2) is 12.2 Å². The summed E-state index contributed by atoms with van der Waals surface area (Å²) in [7, 11) is -3.21. The Morgan fingerprint density at radius 3 is 2.75 bits per heavy atom. The average Bonchev–Trinajstić information content (AvgIpc) is 2.92. The van der Waals surface area contributed by atoms with Gasteiger partial charge in [0, 0.05) is 37.6 Å². The van der Waals surface area contributed by atoms with Crippen molar-refractivity contribution in [1.29, 1.82) is 0 Å². The highest BCUT2D eigenvalue weighted by molar-refractivity contribution is 7.99. The Morgan fingerprint density at radius 2 is 2.10 bits per heavy atom. The zero-order valence-corrected chi connectivity index (χ0v) is 13.2. The lowest BCUT2D eigenvalue weighted by molar-refractivity contribution is -0.121. The molecule has 1 amide bonds. The number of carbonyl (C=O) groups is 1. The molecule has 1 heterocycles. The van der Waals surface area contributed by atoms with E-state index < -0.39 is 10.0 Å². The van der Waals surface area contributed by atoms with E-state index in [0.717, 1.165) is 24.3 Å². The molecule has 1 aliphatic carbocycles. The zero-order chi connectivity index (χ0) is 14.4. The molecular weight excluding hydrogens is 296 g/mol. The van der Waals surface area contributed by atoms with Crippen LogP contribution in [0.5, 0.6) is 0 Å². The lowest BCUT2D eigenvalue weighted by atomic mass is 10.1. The van der Waals surface area contributed by atoms with E-state index in [1.54, 1.807) is 11.8 Å². The summed E-state index contributed by atoms with van der Waals surface area (Å²) in [5.74, 6) is 2.00. The van der Waals surface area contributed by atoms with Crippen LogP contribution < -0.4 is 5.32 Å². The van der Waals surface area contributed by atoms with Crippen molar-refractivity contribution in [3.63, 3.8) is 0 Å². The number of thioether (sulfide) groups is 1. The van der Waals surface area contributed by atoms with Gasteiger partial charge in [0.05, 0.1) is 5.75 Å². The van der Waals surface area contributed by atoms with Crippen molar-refractivity contribution in [2.45, 2.75) is 19.3 Å². The molecule has 1 saturated heterocycles. The van der Waals surface area contributed by atoms with Crippen LogP contribution in [0, 0.1) is 5.92 Å². The monoisotopic (exact) mass is 318 g/mol. The minimum absolute atomic E-state index is 0.00388. The van der Waals surface area contributed by atoms with Gasteiger partial charge in [-0.2, -0.15) is 11.8 Å². The Hall–Kier alpha value is -0.530. The fourth-order valence-corrected chi connectivity index (χ4v) is 4.94. The highest BCUT2D eigenvalue weighted by Crippen LogP contribution is 2.20. The van der Waals surface area contributed by atoms with Gasteiger partial charge in [-0.05, 0) is 18.8 Å². The van der Waals surface area contributed by atoms with Crippen LogP contribution in [-0.4, -0.2) is 55.5 Å². The highest BCUT2D eigenvalue weighted by Gasteiger charge is 2.24. The Morgan fingerprint density at radius 1 is 1.35 bits per heavy atom. The van der Waals surface area contributed by atoms with Gasteiger partial charge in [-0.1, -0.05) is 12.2 Å². The van der Waals surface area contributed by atoms with Crippen LogP contribution >= 0.6 is 11.8 Å². The summed E-state index contributed by atoms with van der Waals surface area (Å²) < 4.78 is 25.7. The normalized spacial score (nSPS) is 23.9. The topological polar surface area (TPSA) is 66.5 Å². The summed E-state index contributed by atoms with van der Waals surface area (Å²) in [5, 5.41) is 2.72. The van der Waals surface area contributed by atoms with Gasteiger partial charge in [-0.3, -0.25) is 4.79 Å². The Labute approximate surface area is 125 Å². The maximum absolute atomic E-state index is 12.1. The fraction of sp³-hybridized carbons (Fsp3) is 0.769. The van der Waals surface area contributed by atoms with Crippen LogP contribution in [0.4, 0.5) is 0 Å². The second-order valence-electron chi connectivity index (χ2n) is 5.15. The first kappa shape index (κ1) is 15.9. The van der Waals surface area contributed by atoms with Gasteiger partial charge < -0.3 is 5.32 Å². The second kappa shape index (κ2) is 7.47. The van der Waals surface area contributed by atoms with Crippen LogP contribution in [0.2, 0.25) is 0 Å². The van der Waals surface area contributed by atoms with Crippen molar-refractivity contribution in [1.82, 2.24) is 9.62 Å². The van der Waals surface area contributed by atoms with Gasteiger partial charge in [-0.25, -0.2) is 12.7 Å². The van der Waals surface area contributed by atoms with Crippen molar-refractivity contribution in [2.75, 3.05) is 36.9 Å². The molecule has 5 nitrogen and oxygen atoms in total. The second-order valence-corrected chi connectivity index (χ2v) is 8.46. The molecule has 7 heteroatoms. The molecule has 1 N–H and O–H groups in total. The lowest BCUT2D eigenvalue weighted by Gasteiger charge is -2.25. The highest BCUT2D eigenvalue weighted by atomic mass is 32.2. The minimum Gasteiger partial charge on any atom is -0.355 e. The van der Waals surface area contributed by atoms with Crippen molar-refractivity contribution in [2.24, 2.45) is 5.92 Å². The molecule has 0 aromatic heterocycles. The van der Waals surface area contributed by atoms with Crippen LogP contribution in [0.1, 0.15) is 19.3 Å². The third-order valence-electron chi connectivity index (χ3n) is 3.61. The number of nitrogens with zero attached hydrogens (tertiary/aromatic N) is 1. The van der Waals surface area contributed by atoms with Crippen molar-refractivity contribution < 1.29 is 13.2 Å². The molecule has 2 aliphatic rings. The Kier molecular flexibility index (Phi) is 5.92. The summed E-state index contributed by atoms with van der Waals surface area (Å²) in [6.45, 7) is 1.39. The molecule has 20 heavy (non-hydrogen) atoms. The molecule has 0 saturated carbocycles. The average molecular weight is 318 g/mol. The smallest absolute Gasteiger partial charge is 0.220 e. The molecule has 0 radical (unpaired) electrons. The molecule has 1 aliphatic heterocycles. The molecule has 0 bridgehead atoms. The van der Waals surface area contributed by atoms with Gasteiger partial charge in [0.15, 0.2) is 0 Å². The number of rotatable bonds is 6. The van der Waals surface area contributed by atoms with Crippen LogP contribution in [-0.2, 0) is 14.8 Å². The first-order valence-electron chi connectivity index (χ1n) is 7.07. The van der Waals surface area contributed by atoms with E-state index in [1.807, 2.05) is 0 Å². The van der Waals surface area contributed by atoms with Gasteiger partial charge in [-0.15, -0.1) is 0 Å². The summed E-state index contributed by atoms with van der Waals surface area (Å²) in [5.41, 5.74) is 0. The van der Waals surface area contributed by atoms with Crippen molar-refractivity contribution in [3.8, 4) is 0 Å². The third-order valence-corrected chi connectivity index (χ3v) is 6.42. The summed E-state index contributed by atoms with van der Waals surface area (Å²) in [6.07, 6.45) is 6.70. The molecule has 114 valence electrons. The van der Waals surface area contributed by atoms with E-state index in [0.29, 0.717) is 25.4 Å². The molecule has 0 spiro atoms. The first-order chi connectivity index (χ1) is 9.58. The maximum Gasteiger partial charge on any atom is 0.220 e. The molecule has 1 fully saturated rings. The summed E-state index contributed by atoms with van der Waals surface area (Å²) in [4.78, 5) is 11.7. The number of sulfonamides is 1. The van der Waals surface area contributed by atoms with Gasteiger partial charge in [0.1, 0.15) is 0 Å². The standard InChI is InChI=1S/C13H22N2O3S2/c16-13(11-12-3-1-2-4-12)14-5-10-20(17,18)15-6-8-19-9-7-15/h1,3,12H,2,4-11H2,(H,14,16)/t12-/m1/s1. The zero-order valence-electron chi connectivity index (χ0n) is 11.6. The summed E-state index contributed by atoms with van der Waals surface area (Å²) >= 11 is 1.78. The number of hydrogen-bond acceptors (Lipinski definition) is 4. The van der Waals surface area contributed by atoms with Crippen LogP contribution in [0.25, 0.3) is 0 Å². The SMILES string of the molecule is O=C(C[C@@H]1C=CCC1)NCCS(=O)(=O)N1CCSCC1. The predicted molar refractivity (Wildman–Crippen MR) is 82.2 cm³/mol. The molecule has 1 atom stereocenters. The number of carbonyl (C=O) groups excluding carboxylic acids is 1. The molecule has 0 unspecified atom stereocenters. The predicted octanol–water partition coefficient (Wildman–Crippen LogP) is 0.838. The summed E-state index contributed by atoms with van der Waals surface area (Å²) in [6, 6.07) is 0. The quantitative estimate of drug-likeness (QED) is 0.737. The molecule has 0 aromatic rings. The Bertz CT molecular complexity index is 456. The molecular formula is C13H22N2O3S2. The van der Waals surface area contributed by atoms with Gasteiger partial charge >= 0.3 is 0 Å². The first-order valence-corrected chi connectivity index (χ1v) is 9.83. The number of allylic oxidation sites excluding steroid dienone is 2. The van der Waals surface area contributed by atoms with E-state index in [-0.39, 0.29) is 18.2 Å². The minimum atomic E-state index is -3.21. The number of nitrogens with one attached hydrogen (secondary N) is 1.